The summed E-state index contributed by atoms with van der Waals surface area (Å²) in [7, 11) is 0. The van der Waals surface area contributed by atoms with Gasteiger partial charge in [-0.05, 0) is 77.0 Å². The molecule has 0 rings (SSSR count). The van der Waals surface area contributed by atoms with Crippen molar-refractivity contribution in [3.63, 3.8) is 0 Å². The van der Waals surface area contributed by atoms with Gasteiger partial charge >= 0.3 is 0 Å². The van der Waals surface area contributed by atoms with Crippen LogP contribution in [0, 0.1) is 0 Å². The maximum Gasteiger partial charge on any atom is 0.0466 e. The monoisotopic (exact) mass is 362 g/mol. The predicted molar refractivity (Wildman–Crippen MR) is 102 cm³/mol. The zero-order valence-electron chi connectivity index (χ0n) is 16.3. The van der Waals surface area contributed by atoms with Gasteiger partial charge in [-0.3, -0.25) is 0 Å². The first kappa shape index (κ1) is 24.8. The minimum Gasteiger partial charge on any atom is -0.396 e. The molecule has 0 aromatic carbocycles. The molecule has 0 bridgehead atoms. The highest BCUT2D eigenvalue weighted by molar-refractivity contribution is 4.45. The van der Waals surface area contributed by atoms with Crippen molar-refractivity contribution in [1.82, 2.24) is 0 Å². The Balaban J connectivity index is 2.94. The van der Waals surface area contributed by atoms with Gasteiger partial charge in [-0.25, -0.2) is 0 Å². The van der Waals surface area contributed by atoms with Crippen LogP contribution in [0.4, 0.5) is 0 Å². The van der Waals surface area contributed by atoms with Gasteiger partial charge in [0.1, 0.15) is 0 Å². The average molecular weight is 363 g/mol. The van der Waals surface area contributed by atoms with E-state index in [0.29, 0.717) is 13.2 Å². The van der Waals surface area contributed by atoms with Crippen LogP contribution in [0.25, 0.3) is 0 Å². The van der Waals surface area contributed by atoms with Gasteiger partial charge in [-0.1, -0.05) is 0 Å². The smallest absolute Gasteiger partial charge is 0.0466 e. The van der Waals surface area contributed by atoms with Crippen molar-refractivity contribution in [2.75, 3.05) is 52.9 Å². The number of hydrogen-bond donors (Lipinski definition) is 2. The summed E-state index contributed by atoms with van der Waals surface area (Å²) in [5.41, 5.74) is 0. The van der Waals surface area contributed by atoms with E-state index in [1.807, 2.05) is 0 Å². The molecule has 0 heterocycles. The van der Waals surface area contributed by atoms with E-state index in [1.165, 1.54) is 12.8 Å². The number of hydrogen-bond acceptors (Lipinski definition) is 5. The second-order valence-corrected chi connectivity index (χ2v) is 6.53. The molecular formula is C20H42O5. The van der Waals surface area contributed by atoms with Crippen molar-refractivity contribution in [2.24, 2.45) is 0 Å². The van der Waals surface area contributed by atoms with E-state index in [-0.39, 0.29) is 0 Å². The van der Waals surface area contributed by atoms with Crippen molar-refractivity contribution in [1.29, 1.82) is 0 Å². The lowest BCUT2D eigenvalue weighted by atomic mass is 10.2. The maximum atomic E-state index is 8.66. The fourth-order valence-corrected chi connectivity index (χ4v) is 2.46. The Bertz CT molecular complexity index is 204. The minimum atomic E-state index is 0.292. The Hall–Kier alpha value is -0.200. The highest BCUT2D eigenvalue weighted by Gasteiger charge is 1.95. The first-order chi connectivity index (χ1) is 12.4. The van der Waals surface area contributed by atoms with Crippen LogP contribution in [0.2, 0.25) is 0 Å². The van der Waals surface area contributed by atoms with Crippen molar-refractivity contribution in [3.8, 4) is 0 Å². The highest BCUT2D eigenvalue weighted by Crippen LogP contribution is 2.02. The van der Waals surface area contributed by atoms with E-state index in [1.54, 1.807) is 0 Å². The number of unbranched alkanes of at least 4 members (excludes halogenated alkanes) is 8. The maximum absolute atomic E-state index is 8.66. The van der Waals surface area contributed by atoms with Gasteiger partial charge < -0.3 is 24.4 Å². The van der Waals surface area contributed by atoms with Gasteiger partial charge in [0.25, 0.3) is 0 Å². The minimum absolute atomic E-state index is 0.292. The highest BCUT2D eigenvalue weighted by atomic mass is 16.5. The van der Waals surface area contributed by atoms with Crippen LogP contribution >= 0.6 is 0 Å². The van der Waals surface area contributed by atoms with Gasteiger partial charge in [0.15, 0.2) is 0 Å². The van der Waals surface area contributed by atoms with Gasteiger partial charge in [-0.15, -0.1) is 0 Å². The number of rotatable bonds is 22. The molecule has 0 atom stereocenters. The Kier molecular flexibility index (Phi) is 23.6. The fraction of sp³-hybridized carbons (Fsp3) is 1.00. The molecule has 0 saturated heterocycles. The lowest BCUT2D eigenvalue weighted by Crippen LogP contribution is -2.01. The molecule has 25 heavy (non-hydrogen) atoms. The Morgan fingerprint density at radius 2 is 0.560 bits per heavy atom. The summed E-state index contributed by atoms with van der Waals surface area (Å²) in [5, 5.41) is 17.3. The lowest BCUT2D eigenvalue weighted by Gasteiger charge is -2.06. The van der Waals surface area contributed by atoms with Crippen LogP contribution in [0.3, 0.4) is 0 Å². The molecule has 0 aromatic rings. The van der Waals surface area contributed by atoms with Gasteiger partial charge in [0, 0.05) is 52.9 Å². The summed E-state index contributed by atoms with van der Waals surface area (Å²) in [6.45, 7) is 5.64. The molecular weight excluding hydrogens is 320 g/mol. The SMILES string of the molecule is OCCCCCOCCCCCOCCCCCOCCCCCO. The number of ether oxygens (including phenoxy) is 3. The lowest BCUT2D eigenvalue weighted by molar-refractivity contribution is 0.105. The Morgan fingerprint density at radius 1 is 0.320 bits per heavy atom. The second kappa shape index (κ2) is 23.8. The molecule has 0 fully saturated rings. The first-order valence-electron chi connectivity index (χ1n) is 10.4. The molecule has 5 nitrogen and oxygen atoms in total. The molecule has 0 aliphatic rings. The van der Waals surface area contributed by atoms with Crippen molar-refractivity contribution in [3.05, 3.63) is 0 Å². The van der Waals surface area contributed by atoms with Crippen LogP contribution in [-0.2, 0) is 14.2 Å². The summed E-state index contributed by atoms with van der Waals surface area (Å²) in [5.74, 6) is 0. The summed E-state index contributed by atoms with van der Waals surface area (Å²) >= 11 is 0. The third kappa shape index (κ3) is 23.8. The average Bonchev–Trinajstić information content (AvgIpc) is 2.63. The van der Waals surface area contributed by atoms with Crippen molar-refractivity contribution >= 4 is 0 Å². The van der Waals surface area contributed by atoms with E-state index >= 15 is 0 Å². The van der Waals surface area contributed by atoms with Crippen LogP contribution < -0.4 is 0 Å². The summed E-state index contributed by atoms with van der Waals surface area (Å²) in [4.78, 5) is 0. The van der Waals surface area contributed by atoms with E-state index < -0.39 is 0 Å². The quantitative estimate of drug-likeness (QED) is 0.287. The molecule has 5 heteroatoms. The Morgan fingerprint density at radius 3 is 0.800 bits per heavy atom. The first-order valence-corrected chi connectivity index (χ1v) is 10.4. The molecule has 0 radical (unpaired) electrons. The van der Waals surface area contributed by atoms with Gasteiger partial charge in [-0.2, -0.15) is 0 Å². The molecule has 0 amide bonds. The van der Waals surface area contributed by atoms with Gasteiger partial charge in [0.2, 0.25) is 0 Å². The molecule has 0 saturated carbocycles. The molecule has 2 N–H and O–H groups in total. The number of aliphatic hydroxyl groups is 2. The third-order valence-electron chi connectivity index (χ3n) is 4.05. The molecule has 152 valence electrons. The summed E-state index contributed by atoms with van der Waals surface area (Å²) in [6, 6.07) is 0. The predicted octanol–water partition coefficient (Wildman–Crippen LogP) is 3.70. The van der Waals surface area contributed by atoms with E-state index in [9.17, 15) is 0 Å². The van der Waals surface area contributed by atoms with Crippen LogP contribution in [0.5, 0.6) is 0 Å². The van der Waals surface area contributed by atoms with Gasteiger partial charge in [0.05, 0.1) is 0 Å². The molecule has 0 spiro atoms. The standard InChI is InChI=1S/C20H42O5/c21-13-5-1-7-15-23-17-9-3-11-19-25-20-12-4-10-18-24-16-8-2-6-14-22/h21-22H,1-20H2. The molecule has 0 aromatic heterocycles. The van der Waals surface area contributed by atoms with Crippen molar-refractivity contribution in [2.45, 2.75) is 77.0 Å². The summed E-state index contributed by atoms with van der Waals surface area (Å²) < 4.78 is 16.8. The zero-order chi connectivity index (χ0) is 18.3. The fourth-order valence-electron chi connectivity index (χ4n) is 2.46. The third-order valence-corrected chi connectivity index (χ3v) is 4.05. The van der Waals surface area contributed by atoms with Crippen LogP contribution in [-0.4, -0.2) is 63.1 Å². The van der Waals surface area contributed by atoms with E-state index in [0.717, 1.165) is 104 Å². The second-order valence-electron chi connectivity index (χ2n) is 6.53. The largest absolute Gasteiger partial charge is 0.396 e. The van der Waals surface area contributed by atoms with E-state index in [4.69, 9.17) is 24.4 Å². The summed E-state index contributed by atoms with van der Waals surface area (Å²) in [6.07, 6.45) is 12.8. The van der Waals surface area contributed by atoms with E-state index in [2.05, 4.69) is 0 Å². The van der Waals surface area contributed by atoms with Crippen LogP contribution in [0.1, 0.15) is 77.0 Å². The van der Waals surface area contributed by atoms with Crippen molar-refractivity contribution < 1.29 is 24.4 Å². The van der Waals surface area contributed by atoms with Crippen LogP contribution in [0.15, 0.2) is 0 Å². The molecule has 0 aliphatic carbocycles. The number of aliphatic hydroxyl groups excluding tert-OH is 2. The zero-order valence-corrected chi connectivity index (χ0v) is 16.3. The normalized spacial score (nSPS) is 11.3. The topological polar surface area (TPSA) is 68.2 Å². The Labute approximate surface area is 155 Å². The molecule has 0 aliphatic heterocycles. The molecule has 0 unspecified atom stereocenters.